The molecule has 1 aliphatic heterocycles. The number of benzene rings is 2. The van der Waals surface area contributed by atoms with Gasteiger partial charge in [0.25, 0.3) is 17.4 Å². The van der Waals surface area contributed by atoms with Crippen molar-refractivity contribution in [1.82, 2.24) is 9.88 Å². The summed E-state index contributed by atoms with van der Waals surface area (Å²) in [4.78, 5) is 42.5. The van der Waals surface area contributed by atoms with Crippen molar-refractivity contribution in [3.8, 4) is 0 Å². The Balaban J connectivity index is 1.93. The average Bonchev–Trinajstić information content (AvgIpc) is 3.04. The summed E-state index contributed by atoms with van der Waals surface area (Å²) in [7, 11) is 0. The Labute approximate surface area is 183 Å². The van der Waals surface area contributed by atoms with Crippen molar-refractivity contribution in [3.05, 3.63) is 111 Å². The van der Waals surface area contributed by atoms with Gasteiger partial charge in [-0.25, -0.2) is 0 Å². The third kappa shape index (κ3) is 3.74. The first-order valence-electron chi connectivity index (χ1n) is 9.86. The van der Waals surface area contributed by atoms with Crippen LogP contribution in [0.3, 0.4) is 0 Å². The summed E-state index contributed by atoms with van der Waals surface area (Å²) >= 11 is 0. The molecule has 1 N–H and O–H groups in total. The second-order valence-corrected chi connectivity index (χ2v) is 7.47. The van der Waals surface area contributed by atoms with Gasteiger partial charge in [-0.1, -0.05) is 48.0 Å². The van der Waals surface area contributed by atoms with Gasteiger partial charge in [0.15, 0.2) is 0 Å². The Kier molecular flexibility index (Phi) is 5.51. The molecule has 0 radical (unpaired) electrons. The minimum Gasteiger partial charge on any atom is -0.507 e. The zero-order chi connectivity index (χ0) is 22.8. The summed E-state index contributed by atoms with van der Waals surface area (Å²) < 4.78 is 0. The lowest BCUT2D eigenvalue weighted by atomic mass is 9.94. The van der Waals surface area contributed by atoms with Gasteiger partial charge in [0, 0.05) is 30.6 Å². The molecule has 8 nitrogen and oxygen atoms in total. The first kappa shape index (κ1) is 20.9. The van der Waals surface area contributed by atoms with Crippen LogP contribution in [0.4, 0.5) is 5.69 Å². The maximum Gasteiger partial charge on any atom is 0.295 e. The molecule has 4 rings (SSSR count). The van der Waals surface area contributed by atoms with Crippen LogP contribution in [0.15, 0.2) is 78.6 Å². The number of aromatic nitrogens is 1. The summed E-state index contributed by atoms with van der Waals surface area (Å²) in [5, 5.41) is 22.8. The number of nitro groups is 1. The van der Waals surface area contributed by atoms with E-state index in [9.17, 15) is 24.8 Å². The van der Waals surface area contributed by atoms with E-state index in [2.05, 4.69) is 4.98 Å². The molecular formula is C24H19N3O5. The van der Waals surface area contributed by atoms with E-state index in [1.807, 2.05) is 6.92 Å². The van der Waals surface area contributed by atoms with Gasteiger partial charge in [-0.15, -0.1) is 0 Å². The Morgan fingerprint density at radius 3 is 2.47 bits per heavy atom. The largest absolute Gasteiger partial charge is 0.507 e. The molecule has 1 aromatic heterocycles. The monoisotopic (exact) mass is 429 g/mol. The van der Waals surface area contributed by atoms with Crippen molar-refractivity contribution in [1.29, 1.82) is 0 Å². The van der Waals surface area contributed by atoms with Crippen LogP contribution in [0, 0.1) is 17.0 Å². The van der Waals surface area contributed by atoms with Gasteiger partial charge in [-0.05, 0) is 24.6 Å². The van der Waals surface area contributed by atoms with Crippen LogP contribution < -0.4 is 0 Å². The maximum absolute atomic E-state index is 13.1. The molecule has 2 aromatic carbocycles. The number of hydrogen-bond acceptors (Lipinski definition) is 6. The number of hydrogen-bond donors (Lipinski definition) is 1. The lowest BCUT2D eigenvalue weighted by molar-refractivity contribution is -0.385. The molecular weight excluding hydrogens is 410 g/mol. The van der Waals surface area contributed by atoms with Crippen molar-refractivity contribution in [2.75, 3.05) is 0 Å². The number of aliphatic hydroxyl groups is 1. The molecule has 0 spiro atoms. The number of likely N-dealkylation sites (tertiary alicyclic amines) is 1. The Morgan fingerprint density at radius 2 is 1.81 bits per heavy atom. The summed E-state index contributed by atoms with van der Waals surface area (Å²) in [6.45, 7) is 1.88. The number of pyridine rings is 1. The van der Waals surface area contributed by atoms with E-state index in [4.69, 9.17) is 0 Å². The van der Waals surface area contributed by atoms with E-state index in [-0.39, 0.29) is 29.1 Å². The normalized spacial score (nSPS) is 17.5. The Bertz CT molecular complexity index is 1240. The molecule has 0 bridgehead atoms. The van der Waals surface area contributed by atoms with Crippen LogP contribution in [0.2, 0.25) is 0 Å². The Morgan fingerprint density at radius 1 is 1.09 bits per heavy atom. The maximum atomic E-state index is 13.1. The Hall–Kier alpha value is -4.33. The number of para-hydroxylation sites is 1. The zero-order valence-corrected chi connectivity index (χ0v) is 17.1. The molecule has 2 heterocycles. The van der Waals surface area contributed by atoms with Gasteiger partial charge in [0.05, 0.1) is 22.1 Å². The number of nitro benzene ring substituents is 1. The van der Waals surface area contributed by atoms with Crippen LogP contribution in [0.5, 0.6) is 0 Å². The highest BCUT2D eigenvalue weighted by molar-refractivity contribution is 6.46. The van der Waals surface area contributed by atoms with Crippen LogP contribution in [-0.4, -0.2) is 31.6 Å². The van der Waals surface area contributed by atoms with Crippen molar-refractivity contribution < 1.29 is 19.6 Å². The van der Waals surface area contributed by atoms with E-state index in [0.29, 0.717) is 11.1 Å². The number of nitrogens with zero attached hydrogens (tertiary/aromatic N) is 3. The van der Waals surface area contributed by atoms with E-state index < -0.39 is 22.7 Å². The molecule has 3 aromatic rings. The lowest BCUT2D eigenvalue weighted by Gasteiger charge is -2.25. The molecule has 1 amide bonds. The van der Waals surface area contributed by atoms with Crippen LogP contribution in [0.25, 0.3) is 5.76 Å². The molecule has 1 atom stereocenters. The predicted octanol–water partition coefficient (Wildman–Crippen LogP) is 3.92. The van der Waals surface area contributed by atoms with E-state index in [0.717, 1.165) is 5.56 Å². The zero-order valence-electron chi connectivity index (χ0n) is 17.1. The first-order valence-corrected chi connectivity index (χ1v) is 9.86. The standard InChI is InChI=1S/C24H19N3O5/c1-15-8-10-17(11-9-15)22(28)20-21(18-6-2-3-7-19(18)27(31)32)26(24(30)23(20)29)14-16-5-4-12-25-13-16/h2-13,21,28H,14H2,1H3/t21-/m1/s1. The van der Waals surface area contributed by atoms with E-state index >= 15 is 0 Å². The van der Waals surface area contributed by atoms with Crippen molar-refractivity contribution in [2.24, 2.45) is 0 Å². The molecule has 8 heteroatoms. The molecule has 0 saturated carbocycles. The third-order valence-corrected chi connectivity index (χ3v) is 5.37. The fourth-order valence-electron chi connectivity index (χ4n) is 3.81. The summed E-state index contributed by atoms with van der Waals surface area (Å²) in [6.07, 6.45) is 3.13. The van der Waals surface area contributed by atoms with Gasteiger partial charge in [-0.2, -0.15) is 0 Å². The fraction of sp³-hybridized carbons (Fsp3) is 0.125. The second-order valence-electron chi connectivity index (χ2n) is 7.47. The molecule has 32 heavy (non-hydrogen) atoms. The molecule has 1 saturated heterocycles. The number of amides is 1. The van der Waals surface area contributed by atoms with Crippen LogP contribution >= 0.6 is 0 Å². The lowest BCUT2D eigenvalue weighted by Crippen LogP contribution is -2.29. The number of aryl methyl sites for hydroxylation is 1. The van der Waals surface area contributed by atoms with Gasteiger partial charge in [-0.3, -0.25) is 24.7 Å². The van der Waals surface area contributed by atoms with Crippen molar-refractivity contribution in [3.63, 3.8) is 0 Å². The second kappa shape index (κ2) is 8.43. The van der Waals surface area contributed by atoms with Gasteiger partial charge in [0.1, 0.15) is 5.76 Å². The molecule has 160 valence electrons. The fourth-order valence-corrected chi connectivity index (χ4v) is 3.81. The van der Waals surface area contributed by atoms with Crippen molar-refractivity contribution >= 4 is 23.1 Å². The minimum atomic E-state index is -1.13. The molecule has 1 fully saturated rings. The smallest absolute Gasteiger partial charge is 0.295 e. The van der Waals surface area contributed by atoms with E-state index in [1.165, 1.54) is 23.1 Å². The van der Waals surface area contributed by atoms with Crippen LogP contribution in [-0.2, 0) is 16.1 Å². The molecule has 0 aliphatic carbocycles. The number of rotatable bonds is 5. The number of ketones is 1. The highest BCUT2D eigenvalue weighted by atomic mass is 16.6. The molecule has 1 aliphatic rings. The van der Waals surface area contributed by atoms with Gasteiger partial charge < -0.3 is 10.0 Å². The highest BCUT2D eigenvalue weighted by Crippen LogP contribution is 2.43. The first-order chi connectivity index (χ1) is 15.4. The number of Topliss-reactive ketones (excluding diaryl/α,β-unsaturated/α-hetero) is 1. The summed E-state index contributed by atoms with van der Waals surface area (Å²) in [5.74, 6) is -2.11. The van der Waals surface area contributed by atoms with E-state index in [1.54, 1.807) is 54.9 Å². The van der Waals surface area contributed by atoms with Gasteiger partial charge >= 0.3 is 0 Å². The average molecular weight is 429 g/mol. The number of aliphatic hydroxyl groups excluding tert-OH is 1. The topological polar surface area (TPSA) is 114 Å². The quantitative estimate of drug-likeness (QED) is 0.216. The summed E-state index contributed by atoms with van der Waals surface area (Å²) in [6, 6.07) is 15.0. The summed E-state index contributed by atoms with van der Waals surface area (Å²) in [5.41, 5.74) is 1.66. The van der Waals surface area contributed by atoms with Crippen molar-refractivity contribution in [2.45, 2.75) is 19.5 Å². The predicted molar refractivity (Wildman–Crippen MR) is 116 cm³/mol. The SMILES string of the molecule is Cc1ccc(C(O)=C2C(=O)C(=O)N(Cc3cccnc3)[C@@H]2c2ccccc2[N+](=O)[O-])cc1. The van der Waals surface area contributed by atoms with Crippen LogP contribution in [0.1, 0.15) is 28.3 Å². The number of carbonyl (C=O) groups excluding carboxylic acids is 2. The number of carbonyl (C=O) groups is 2. The molecule has 0 unspecified atom stereocenters. The van der Waals surface area contributed by atoms with Gasteiger partial charge in [0.2, 0.25) is 0 Å². The highest BCUT2D eigenvalue weighted by Gasteiger charge is 2.48. The third-order valence-electron chi connectivity index (χ3n) is 5.37. The minimum absolute atomic E-state index is 0.000192.